The van der Waals surface area contributed by atoms with Gasteiger partial charge in [-0.05, 0) is 42.7 Å². The van der Waals surface area contributed by atoms with Crippen LogP contribution >= 0.6 is 0 Å². The number of nitrogens with zero attached hydrogens (tertiary/aromatic N) is 1. The molecule has 0 radical (unpaired) electrons. The molecule has 2 aromatic carbocycles. The first-order chi connectivity index (χ1) is 11.5. The zero-order valence-electron chi connectivity index (χ0n) is 14.2. The van der Waals surface area contributed by atoms with Gasteiger partial charge >= 0.3 is 0 Å². The summed E-state index contributed by atoms with van der Waals surface area (Å²) in [5, 5.41) is 0. The third kappa shape index (κ3) is 4.47. The fourth-order valence-electron chi connectivity index (χ4n) is 2.44. The number of hydrogen-bond acceptors (Lipinski definition) is 3. The lowest BCUT2D eigenvalue weighted by molar-refractivity contribution is -0.118. The average molecular weight is 331 g/mol. The molecule has 0 spiro atoms. The number of anilines is 1. The van der Waals surface area contributed by atoms with E-state index < -0.39 is 0 Å². The molecular weight excluding hydrogens is 309 g/mol. The molecule has 0 heterocycles. The second kappa shape index (κ2) is 8.34. The van der Waals surface area contributed by atoms with Crippen molar-refractivity contribution in [2.75, 3.05) is 26.2 Å². The van der Waals surface area contributed by atoms with Gasteiger partial charge in [0.25, 0.3) is 0 Å². The summed E-state index contributed by atoms with van der Waals surface area (Å²) in [7, 11) is 4.87. The first kappa shape index (κ1) is 17.8. The zero-order chi connectivity index (χ0) is 17.5. The molecule has 0 N–H and O–H groups in total. The number of carbonyl (C=O) groups excluding carboxylic acids is 1. The molecule has 0 saturated carbocycles. The van der Waals surface area contributed by atoms with Crippen molar-refractivity contribution in [3.8, 4) is 11.5 Å². The molecule has 2 aromatic rings. The number of aryl methyl sites for hydroxylation is 1. The van der Waals surface area contributed by atoms with Gasteiger partial charge in [0.2, 0.25) is 5.91 Å². The van der Waals surface area contributed by atoms with Crippen LogP contribution < -0.4 is 14.4 Å². The summed E-state index contributed by atoms with van der Waals surface area (Å²) in [5.41, 5.74) is 1.78. The molecular formula is C19H22FNO3. The summed E-state index contributed by atoms with van der Waals surface area (Å²) >= 11 is 0. The van der Waals surface area contributed by atoms with E-state index in [-0.39, 0.29) is 11.7 Å². The van der Waals surface area contributed by atoms with Crippen LogP contribution in [-0.2, 0) is 11.2 Å². The summed E-state index contributed by atoms with van der Waals surface area (Å²) in [6, 6.07) is 11.7. The van der Waals surface area contributed by atoms with Gasteiger partial charge in [0.1, 0.15) is 5.82 Å². The summed E-state index contributed by atoms with van der Waals surface area (Å²) in [5.74, 6) is 0.978. The lowest BCUT2D eigenvalue weighted by Crippen LogP contribution is -2.26. The maximum Gasteiger partial charge on any atom is 0.226 e. The van der Waals surface area contributed by atoms with Crippen LogP contribution in [-0.4, -0.2) is 27.2 Å². The van der Waals surface area contributed by atoms with E-state index in [0.29, 0.717) is 24.3 Å². The van der Waals surface area contributed by atoms with E-state index in [1.54, 1.807) is 50.4 Å². The van der Waals surface area contributed by atoms with Gasteiger partial charge in [0.15, 0.2) is 11.5 Å². The minimum atomic E-state index is -0.247. The Balaban J connectivity index is 1.93. The molecule has 1 amide bonds. The minimum Gasteiger partial charge on any atom is -0.493 e. The maximum atomic E-state index is 12.9. The van der Waals surface area contributed by atoms with Crippen molar-refractivity contribution < 1.29 is 18.7 Å². The topological polar surface area (TPSA) is 38.8 Å². The average Bonchev–Trinajstić information content (AvgIpc) is 2.62. The quantitative estimate of drug-likeness (QED) is 0.774. The summed E-state index contributed by atoms with van der Waals surface area (Å²) < 4.78 is 23.3. The summed E-state index contributed by atoms with van der Waals surface area (Å²) in [4.78, 5) is 13.9. The Morgan fingerprint density at radius 2 is 1.71 bits per heavy atom. The van der Waals surface area contributed by atoms with E-state index in [0.717, 1.165) is 17.7 Å². The van der Waals surface area contributed by atoms with Gasteiger partial charge < -0.3 is 14.4 Å². The van der Waals surface area contributed by atoms with Crippen LogP contribution in [0, 0.1) is 5.82 Å². The van der Waals surface area contributed by atoms with E-state index >= 15 is 0 Å². The van der Waals surface area contributed by atoms with Crippen molar-refractivity contribution >= 4 is 11.6 Å². The Kier molecular flexibility index (Phi) is 6.18. The number of amides is 1. The lowest BCUT2D eigenvalue weighted by Gasteiger charge is -2.19. The SMILES string of the molecule is COc1ccc(N(C)C(=O)CCCc2ccc(F)cc2)cc1OC. The highest BCUT2D eigenvalue weighted by molar-refractivity contribution is 5.93. The number of halogens is 1. The van der Waals surface area contributed by atoms with Gasteiger partial charge in [-0.1, -0.05) is 12.1 Å². The third-order valence-corrected chi connectivity index (χ3v) is 3.90. The van der Waals surface area contributed by atoms with E-state index in [1.165, 1.54) is 12.1 Å². The lowest BCUT2D eigenvalue weighted by atomic mass is 10.1. The predicted octanol–water partition coefficient (Wildman–Crippen LogP) is 3.83. The molecule has 4 nitrogen and oxygen atoms in total. The Morgan fingerprint density at radius 3 is 2.33 bits per heavy atom. The van der Waals surface area contributed by atoms with Gasteiger partial charge in [-0.25, -0.2) is 4.39 Å². The van der Waals surface area contributed by atoms with E-state index in [2.05, 4.69) is 0 Å². The summed E-state index contributed by atoms with van der Waals surface area (Å²) in [6.45, 7) is 0. The van der Waals surface area contributed by atoms with E-state index in [4.69, 9.17) is 9.47 Å². The second-order valence-corrected chi connectivity index (χ2v) is 5.47. The first-order valence-corrected chi connectivity index (χ1v) is 7.78. The number of ether oxygens (including phenoxy) is 2. The normalized spacial score (nSPS) is 10.3. The molecule has 0 aliphatic heterocycles. The fraction of sp³-hybridized carbons (Fsp3) is 0.316. The molecule has 0 atom stereocenters. The molecule has 2 rings (SSSR count). The number of methoxy groups -OCH3 is 2. The van der Waals surface area contributed by atoms with Gasteiger partial charge in [-0.15, -0.1) is 0 Å². The van der Waals surface area contributed by atoms with Crippen LogP contribution in [0.1, 0.15) is 18.4 Å². The monoisotopic (exact) mass is 331 g/mol. The smallest absolute Gasteiger partial charge is 0.226 e. The standard InChI is InChI=1S/C19H22FNO3/c1-21(16-11-12-17(23-2)18(13-16)24-3)19(22)6-4-5-14-7-9-15(20)10-8-14/h7-13H,4-6H2,1-3H3. The van der Waals surface area contributed by atoms with Crippen LogP contribution in [0.3, 0.4) is 0 Å². The van der Waals surface area contributed by atoms with Crippen molar-refractivity contribution in [1.29, 1.82) is 0 Å². The molecule has 0 unspecified atom stereocenters. The zero-order valence-corrected chi connectivity index (χ0v) is 14.2. The molecule has 24 heavy (non-hydrogen) atoms. The largest absolute Gasteiger partial charge is 0.493 e. The molecule has 0 aliphatic carbocycles. The van der Waals surface area contributed by atoms with Gasteiger partial charge in [-0.3, -0.25) is 4.79 Å². The Bertz CT molecular complexity index is 686. The Labute approximate surface area is 141 Å². The van der Waals surface area contributed by atoms with E-state index in [1.807, 2.05) is 6.07 Å². The number of benzene rings is 2. The van der Waals surface area contributed by atoms with Crippen molar-refractivity contribution in [3.05, 3.63) is 53.8 Å². The van der Waals surface area contributed by atoms with Gasteiger partial charge in [0.05, 0.1) is 14.2 Å². The molecule has 0 fully saturated rings. The van der Waals surface area contributed by atoms with Crippen molar-refractivity contribution in [1.82, 2.24) is 0 Å². The van der Waals surface area contributed by atoms with Crippen molar-refractivity contribution in [2.24, 2.45) is 0 Å². The first-order valence-electron chi connectivity index (χ1n) is 7.78. The molecule has 128 valence electrons. The Hall–Kier alpha value is -2.56. The van der Waals surface area contributed by atoms with Gasteiger partial charge in [-0.2, -0.15) is 0 Å². The van der Waals surface area contributed by atoms with Crippen LogP contribution in [0.15, 0.2) is 42.5 Å². The highest BCUT2D eigenvalue weighted by Crippen LogP contribution is 2.31. The molecule has 0 saturated heterocycles. The van der Waals surface area contributed by atoms with Crippen molar-refractivity contribution in [3.63, 3.8) is 0 Å². The highest BCUT2D eigenvalue weighted by Gasteiger charge is 2.13. The van der Waals surface area contributed by atoms with Crippen LogP contribution in [0.25, 0.3) is 0 Å². The van der Waals surface area contributed by atoms with Crippen molar-refractivity contribution in [2.45, 2.75) is 19.3 Å². The number of rotatable bonds is 7. The minimum absolute atomic E-state index is 0.0179. The number of carbonyl (C=O) groups is 1. The van der Waals surface area contributed by atoms with Gasteiger partial charge in [0, 0.05) is 25.2 Å². The molecule has 0 aromatic heterocycles. The predicted molar refractivity (Wildman–Crippen MR) is 92.3 cm³/mol. The second-order valence-electron chi connectivity index (χ2n) is 5.47. The van der Waals surface area contributed by atoms with Crippen LogP contribution in [0.5, 0.6) is 11.5 Å². The third-order valence-electron chi connectivity index (χ3n) is 3.90. The molecule has 5 heteroatoms. The van der Waals surface area contributed by atoms with Crippen LogP contribution in [0.4, 0.5) is 10.1 Å². The van der Waals surface area contributed by atoms with Crippen LogP contribution in [0.2, 0.25) is 0 Å². The molecule has 0 bridgehead atoms. The fourth-order valence-corrected chi connectivity index (χ4v) is 2.44. The summed E-state index contributed by atoms with van der Waals surface area (Å²) in [6.07, 6.45) is 1.87. The highest BCUT2D eigenvalue weighted by atomic mass is 19.1. The van der Waals surface area contributed by atoms with E-state index in [9.17, 15) is 9.18 Å². The Morgan fingerprint density at radius 1 is 1.04 bits per heavy atom. The number of hydrogen-bond donors (Lipinski definition) is 0. The maximum absolute atomic E-state index is 12.9. The molecule has 0 aliphatic rings.